The first-order valence-corrected chi connectivity index (χ1v) is 5.88. The van der Waals surface area contributed by atoms with Gasteiger partial charge in [-0.2, -0.15) is 0 Å². The number of nitrogens with zero attached hydrogens (tertiary/aromatic N) is 1. The normalized spacial score (nSPS) is 12.6. The zero-order valence-corrected chi connectivity index (χ0v) is 10.8. The molecule has 0 N–H and O–H groups in total. The Kier molecular flexibility index (Phi) is 7.81. The van der Waals surface area contributed by atoms with Crippen molar-refractivity contribution in [3.05, 3.63) is 0 Å². The highest BCUT2D eigenvalue weighted by atomic mass is 16.5. The minimum atomic E-state index is -0.290. The molecule has 0 saturated carbocycles. The Balaban J connectivity index is 3.78. The molecule has 0 heterocycles. The van der Waals surface area contributed by atoms with Crippen LogP contribution in [0.2, 0.25) is 0 Å². The van der Waals surface area contributed by atoms with E-state index in [0.717, 1.165) is 6.42 Å². The predicted octanol–water partition coefficient (Wildman–Crippen LogP) is 1.63. The molecule has 0 saturated heterocycles. The van der Waals surface area contributed by atoms with Gasteiger partial charge in [0.25, 0.3) is 0 Å². The molecule has 16 heavy (non-hydrogen) atoms. The average molecular weight is 229 g/mol. The van der Waals surface area contributed by atoms with Crippen molar-refractivity contribution < 1.29 is 14.3 Å². The van der Waals surface area contributed by atoms with E-state index in [9.17, 15) is 9.59 Å². The van der Waals surface area contributed by atoms with Crippen molar-refractivity contribution >= 4 is 11.8 Å². The Labute approximate surface area is 98.0 Å². The Morgan fingerprint density at radius 1 is 1.25 bits per heavy atom. The van der Waals surface area contributed by atoms with E-state index in [1.807, 2.05) is 11.9 Å². The molecule has 0 rings (SSSR count). The van der Waals surface area contributed by atoms with Gasteiger partial charge in [0.2, 0.25) is 0 Å². The van der Waals surface area contributed by atoms with Crippen molar-refractivity contribution in [1.29, 1.82) is 0 Å². The predicted molar refractivity (Wildman–Crippen MR) is 63.3 cm³/mol. The van der Waals surface area contributed by atoms with Gasteiger partial charge in [-0.1, -0.05) is 6.92 Å². The van der Waals surface area contributed by atoms with E-state index in [0.29, 0.717) is 19.2 Å². The van der Waals surface area contributed by atoms with Crippen LogP contribution in [0.5, 0.6) is 0 Å². The van der Waals surface area contributed by atoms with Crippen LogP contribution in [0.15, 0.2) is 0 Å². The number of hydrogen-bond acceptors (Lipinski definition) is 4. The molecule has 0 aromatic carbocycles. The second-order valence-corrected chi connectivity index (χ2v) is 4.02. The molecule has 0 spiro atoms. The molecule has 4 nitrogen and oxygen atoms in total. The molecule has 0 amide bonds. The summed E-state index contributed by atoms with van der Waals surface area (Å²) in [4.78, 5) is 24.6. The van der Waals surface area contributed by atoms with Crippen LogP contribution in [0.1, 0.15) is 40.0 Å². The first-order valence-electron chi connectivity index (χ1n) is 5.88. The zero-order valence-electron chi connectivity index (χ0n) is 10.8. The molecule has 0 aromatic rings. The summed E-state index contributed by atoms with van der Waals surface area (Å²) in [5, 5.41) is 0. The largest absolute Gasteiger partial charge is 0.466 e. The fourth-order valence-corrected chi connectivity index (χ4v) is 1.30. The number of ketones is 1. The van der Waals surface area contributed by atoms with Gasteiger partial charge in [-0.3, -0.25) is 14.5 Å². The number of carbonyl (C=O) groups is 2. The standard InChI is InChI=1S/C12H23NO3/c1-5-10(3)13(4)9-11(14)7-8-12(15)16-6-2/h10H,5-9H2,1-4H3. The van der Waals surface area contributed by atoms with E-state index >= 15 is 0 Å². The SMILES string of the molecule is CCOC(=O)CCC(=O)CN(C)C(C)CC. The van der Waals surface area contributed by atoms with Crippen LogP contribution in [0.4, 0.5) is 0 Å². The molecule has 0 aliphatic rings. The molecule has 1 atom stereocenters. The van der Waals surface area contributed by atoms with E-state index in [1.54, 1.807) is 6.92 Å². The van der Waals surface area contributed by atoms with Crippen LogP contribution in [0.3, 0.4) is 0 Å². The second kappa shape index (κ2) is 8.28. The van der Waals surface area contributed by atoms with Gasteiger partial charge < -0.3 is 4.74 Å². The summed E-state index contributed by atoms with van der Waals surface area (Å²) in [7, 11) is 1.93. The van der Waals surface area contributed by atoms with Gasteiger partial charge in [0.1, 0.15) is 5.78 Å². The molecular weight excluding hydrogens is 206 g/mol. The second-order valence-electron chi connectivity index (χ2n) is 4.02. The summed E-state index contributed by atoms with van der Waals surface area (Å²) in [6.45, 7) is 6.72. The third-order valence-electron chi connectivity index (χ3n) is 2.68. The van der Waals surface area contributed by atoms with Gasteiger partial charge in [-0.25, -0.2) is 0 Å². The smallest absolute Gasteiger partial charge is 0.306 e. The van der Waals surface area contributed by atoms with Gasteiger partial charge >= 0.3 is 5.97 Å². The Morgan fingerprint density at radius 2 is 1.88 bits per heavy atom. The van der Waals surface area contributed by atoms with Crippen molar-refractivity contribution in [3.63, 3.8) is 0 Å². The van der Waals surface area contributed by atoms with E-state index < -0.39 is 0 Å². The number of hydrogen-bond donors (Lipinski definition) is 0. The van der Waals surface area contributed by atoms with E-state index in [-0.39, 0.29) is 24.6 Å². The minimum absolute atomic E-state index is 0.0934. The third-order valence-corrected chi connectivity index (χ3v) is 2.68. The molecular formula is C12H23NO3. The summed E-state index contributed by atoms with van der Waals surface area (Å²) in [5.74, 6) is -0.196. The van der Waals surface area contributed by atoms with Crippen molar-refractivity contribution in [2.24, 2.45) is 0 Å². The average Bonchev–Trinajstić information content (AvgIpc) is 2.25. The fraction of sp³-hybridized carbons (Fsp3) is 0.833. The lowest BCUT2D eigenvalue weighted by atomic mass is 10.2. The number of ether oxygens (including phenoxy) is 1. The minimum Gasteiger partial charge on any atom is -0.466 e. The first kappa shape index (κ1) is 15.1. The summed E-state index contributed by atoms with van der Waals surface area (Å²) < 4.78 is 4.76. The molecule has 0 aromatic heterocycles. The highest BCUT2D eigenvalue weighted by Crippen LogP contribution is 2.02. The lowest BCUT2D eigenvalue weighted by Gasteiger charge is -2.22. The van der Waals surface area contributed by atoms with Crippen LogP contribution in [-0.2, 0) is 14.3 Å². The van der Waals surface area contributed by atoms with E-state index in [2.05, 4.69) is 13.8 Å². The molecule has 0 fully saturated rings. The summed E-state index contributed by atoms with van der Waals surface area (Å²) >= 11 is 0. The van der Waals surface area contributed by atoms with Gasteiger partial charge in [-0.15, -0.1) is 0 Å². The monoisotopic (exact) mass is 229 g/mol. The number of likely N-dealkylation sites (N-methyl/N-ethyl adjacent to an activating group) is 1. The Morgan fingerprint density at radius 3 is 2.38 bits per heavy atom. The van der Waals surface area contributed by atoms with Gasteiger partial charge in [0.05, 0.1) is 19.6 Å². The molecule has 0 bridgehead atoms. The van der Waals surface area contributed by atoms with Crippen LogP contribution < -0.4 is 0 Å². The summed E-state index contributed by atoms with van der Waals surface area (Å²) in [5.41, 5.74) is 0. The summed E-state index contributed by atoms with van der Waals surface area (Å²) in [6, 6.07) is 0.395. The quantitative estimate of drug-likeness (QED) is 0.593. The first-order chi connectivity index (χ1) is 7.51. The molecule has 0 radical (unpaired) electrons. The maximum atomic E-state index is 11.5. The van der Waals surface area contributed by atoms with Crippen LogP contribution in [0.25, 0.3) is 0 Å². The highest BCUT2D eigenvalue weighted by molar-refractivity contribution is 5.84. The molecule has 94 valence electrons. The van der Waals surface area contributed by atoms with Crippen LogP contribution in [-0.4, -0.2) is 42.9 Å². The maximum Gasteiger partial charge on any atom is 0.306 e. The van der Waals surface area contributed by atoms with Crippen molar-refractivity contribution in [2.75, 3.05) is 20.2 Å². The van der Waals surface area contributed by atoms with Gasteiger partial charge in [0.15, 0.2) is 0 Å². The number of rotatable bonds is 8. The van der Waals surface area contributed by atoms with Crippen molar-refractivity contribution in [2.45, 2.75) is 46.1 Å². The van der Waals surface area contributed by atoms with E-state index in [4.69, 9.17) is 4.74 Å². The van der Waals surface area contributed by atoms with Crippen LogP contribution >= 0.6 is 0 Å². The molecule has 0 aliphatic carbocycles. The number of carbonyl (C=O) groups excluding carboxylic acids is 2. The molecule has 4 heteroatoms. The third kappa shape index (κ3) is 6.56. The van der Waals surface area contributed by atoms with Crippen molar-refractivity contribution in [1.82, 2.24) is 4.90 Å². The lowest BCUT2D eigenvalue weighted by molar-refractivity contribution is -0.144. The number of Topliss-reactive ketones (excluding diaryl/α,β-unsaturated/α-hetero) is 1. The topological polar surface area (TPSA) is 46.6 Å². The Hall–Kier alpha value is -0.900. The zero-order chi connectivity index (χ0) is 12.6. The van der Waals surface area contributed by atoms with Crippen molar-refractivity contribution in [3.8, 4) is 0 Å². The lowest BCUT2D eigenvalue weighted by Crippen LogP contribution is -2.33. The Bertz CT molecular complexity index is 228. The maximum absolute atomic E-state index is 11.5. The van der Waals surface area contributed by atoms with E-state index in [1.165, 1.54) is 0 Å². The summed E-state index contributed by atoms with van der Waals surface area (Å²) in [6.07, 6.45) is 1.49. The van der Waals surface area contributed by atoms with Gasteiger partial charge in [0, 0.05) is 12.5 Å². The number of esters is 1. The molecule has 0 aliphatic heterocycles. The van der Waals surface area contributed by atoms with Gasteiger partial charge in [-0.05, 0) is 27.3 Å². The highest BCUT2D eigenvalue weighted by Gasteiger charge is 2.13. The fourth-order valence-electron chi connectivity index (χ4n) is 1.30. The molecule has 1 unspecified atom stereocenters. The van der Waals surface area contributed by atoms with Crippen LogP contribution in [0, 0.1) is 0 Å².